The number of carboxylic acids is 1. The molecule has 0 fully saturated rings. The van der Waals surface area contributed by atoms with Crippen LogP contribution in [0.1, 0.15) is 52.9 Å². The minimum absolute atomic E-state index is 0.0103. The normalized spacial score (nSPS) is 12.6. The number of amides is 1. The minimum atomic E-state index is -0.960. The number of carbonyl (C=O) groups is 2. The van der Waals surface area contributed by atoms with Gasteiger partial charge in [0.1, 0.15) is 0 Å². The monoisotopic (exact) mass is 253 g/mol. The molecule has 0 bridgehead atoms. The Morgan fingerprint density at radius 1 is 1.33 bits per heavy atom. The molecule has 0 radical (unpaired) electrons. The van der Waals surface area contributed by atoms with Gasteiger partial charge < -0.3 is 10.4 Å². The zero-order chi connectivity index (χ0) is 14.2. The van der Waals surface area contributed by atoms with Gasteiger partial charge in [0, 0.05) is 18.9 Å². The molecule has 1 atom stereocenters. The van der Waals surface area contributed by atoms with Gasteiger partial charge in [-0.3, -0.25) is 9.59 Å². The highest BCUT2D eigenvalue weighted by Crippen LogP contribution is 2.30. The molecule has 0 spiro atoms. The fraction of sp³-hybridized carbons (Fsp3) is 0.714. The maximum absolute atomic E-state index is 11.9. The molecule has 0 saturated heterocycles. The van der Waals surface area contributed by atoms with Crippen LogP contribution in [-0.2, 0) is 9.59 Å². The van der Waals surface area contributed by atoms with Crippen molar-refractivity contribution in [3.8, 4) is 12.3 Å². The Balaban J connectivity index is 4.62. The Morgan fingerprint density at radius 3 is 2.22 bits per heavy atom. The first-order valence-corrected chi connectivity index (χ1v) is 6.41. The lowest BCUT2D eigenvalue weighted by Gasteiger charge is -2.27. The molecule has 4 heteroatoms. The second-order valence-corrected chi connectivity index (χ2v) is 4.55. The molecule has 1 unspecified atom stereocenters. The van der Waals surface area contributed by atoms with Crippen LogP contribution < -0.4 is 5.32 Å². The zero-order valence-electron chi connectivity index (χ0n) is 11.5. The Labute approximate surface area is 109 Å². The van der Waals surface area contributed by atoms with Crippen LogP contribution in [0, 0.1) is 17.8 Å². The highest BCUT2D eigenvalue weighted by Gasteiger charge is 2.37. The van der Waals surface area contributed by atoms with Crippen LogP contribution in [0.15, 0.2) is 0 Å². The largest absolute Gasteiger partial charge is 0.481 e. The van der Waals surface area contributed by atoms with Crippen LogP contribution in [-0.4, -0.2) is 23.0 Å². The fourth-order valence-corrected chi connectivity index (χ4v) is 1.90. The quantitative estimate of drug-likeness (QED) is 0.652. The van der Waals surface area contributed by atoms with E-state index in [-0.39, 0.29) is 18.4 Å². The number of rotatable bonds is 8. The summed E-state index contributed by atoms with van der Waals surface area (Å²) in [5.41, 5.74) is -0.960. The first-order chi connectivity index (χ1) is 8.45. The van der Waals surface area contributed by atoms with Crippen molar-refractivity contribution in [2.24, 2.45) is 5.41 Å². The molecule has 4 nitrogen and oxygen atoms in total. The number of carboxylic acid groups (broad SMARTS) is 1. The summed E-state index contributed by atoms with van der Waals surface area (Å²) in [5.74, 6) is 1.36. The molecule has 0 rings (SSSR count). The lowest BCUT2D eigenvalue weighted by molar-refractivity contribution is -0.152. The maximum atomic E-state index is 11.9. The molecule has 0 aliphatic rings. The van der Waals surface area contributed by atoms with Crippen molar-refractivity contribution in [3.05, 3.63) is 0 Å². The van der Waals surface area contributed by atoms with Crippen molar-refractivity contribution in [1.29, 1.82) is 0 Å². The maximum Gasteiger partial charge on any atom is 0.310 e. The summed E-state index contributed by atoms with van der Waals surface area (Å²) in [7, 11) is 0. The molecule has 0 aromatic rings. The Kier molecular flexibility index (Phi) is 7.11. The Bertz CT molecular complexity index is 326. The molecule has 0 saturated carbocycles. The van der Waals surface area contributed by atoms with Gasteiger partial charge in [0.25, 0.3) is 0 Å². The Hall–Kier alpha value is -1.50. The van der Waals surface area contributed by atoms with E-state index >= 15 is 0 Å². The average Bonchev–Trinajstić information content (AvgIpc) is 2.35. The van der Waals surface area contributed by atoms with Crippen molar-refractivity contribution in [2.75, 3.05) is 0 Å². The van der Waals surface area contributed by atoms with Gasteiger partial charge in [0.15, 0.2) is 0 Å². The minimum Gasteiger partial charge on any atom is -0.481 e. The second kappa shape index (κ2) is 7.75. The number of carbonyl (C=O) groups excluding carboxylic acids is 1. The van der Waals surface area contributed by atoms with Gasteiger partial charge in [-0.25, -0.2) is 0 Å². The number of terminal acetylenes is 1. The third kappa shape index (κ3) is 4.40. The summed E-state index contributed by atoms with van der Waals surface area (Å²) in [5, 5.41) is 12.1. The van der Waals surface area contributed by atoms with Crippen molar-refractivity contribution in [1.82, 2.24) is 5.32 Å². The van der Waals surface area contributed by atoms with E-state index < -0.39 is 11.4 Å². The molecule has 0 heterocycles. The first kappa shape index (κ1) is 16.5. The van der Waals surface area contributed by atoms with E-state index in [1.165, 1.54) is 0 Å². The topological polar surface area (TPSA) is 66.4 Å². The van der Waals surface area contributed by atoms with Crippen LogP contribution in [0.3, 0.4) is 0 Å². The van der Waals surface area contributed by atoms with E-state index in [1.54, 1.807) is 13.8 Å². The van der Waals surface area contributed by atoms with Gasteiger partial charge >= 0.3 is 5.97 Å². The van der Waals surface area contributed by atoms with Gasteiger partial charge in [0.05, 0.1) is 5.41 Å². The van der Waals surface area contributed by atoms with E-state index in [0.717, 1.165) is 6.42 Å². The smallest absolute Gasteiger partial charge is 0.310 e. The second-order valence-electron chi connectivity index (χ2n) is 4.55. The molecule has 0 aliphatic heterocycles. The highest BCUT2D eigenvalue weighted by molar-refractivity contribution is 5.85. The van der Waals surface area contributed by atoms with Gasteiger partial charge in [0.2, 0.25) is 5.91 Å². The van der Waals surface area contributed by atoms with Crippen molar-refractivity contribution < 1.29 is 14.7 Å². The van der Waals surface area contributed by atoms with Crippen LogP contribution in [0.5, 0.6) is 0 Å². The van der Waals surface area contributed by atoms with Crippen molar-refractivity contribution >= 4 is 11.9 Å². The first-order valence-electron chi connectivity index (χ1n) is 6.41. The van der Waals surface area contributed by atoms with Crippen LogP contribution in [0.2, 0.25) is 0 Å². The lowest BCUT2D eigenvalue weighted by atomic mass is 9.79. The highest BCUT2D eigenvalue weighted by atomic mass is 16.4. The van der Waals surface area contributed by atoms with Gasteiger partial charge in [-0.05, 0) is 19.3 Å². The predicted octanol–water partition coefficient (Wildman–Crippen LogP) is 2.19. The molecular weight excluding hydrogens is 230 g/mol. The molecule has 1 amide bonds. The van der Waals surface area contributed by atoms with E-state index in [2.05, 4.69) is 11.2 Å². The molecule has 18 heavy (non-hydrogen) atoms. The summed E-state index contributed by atoms with van der Waals surface area (Å²) in [6.45, 7) is 5.53. The molecule has 0 aromatic carbocycles. The van der Waals surface area contributed by atoms with Gasteiger partial charge in [-0.1, -0.05) is 20.8 Å². The van der Waals surface area contributed by atoms with Gasteiger partial charge in [-0.15, -0.1) is 12.3 Å². The summed E-state index contributed by atoms with van der Waals surface area (Å²) in [6.07, 6.45) is 7.33. The number of hydrogen-bond acceptors (Lipinski definition) is 2. The lowest BCUT2D eigenvalue weighted by Crippen LogP contribution is -2.40. The molecule has 0 aromatic heterocycles. The van der Waals surface area contributed by atoms with E-state index in [0.29, 0.717) is 19.3 Å². The average molecular weight is 253 g/mol. The van der Waals surface area contributed by atoms with Crippen LogP contribution in [0.4, 0.5) is 0 Å². The van der Waals surface area contributed by atoms with E-state index in [9.17, 15) is 14.7 Å². The molecule has 102 valence electrons. The predicted molar refractivity (Wildman–Crippen MR) is 70.9 cm³/mol. The zero-order valence-corrected chi connectivity index (χ0v) is 11.5. The number of nitrogens with one attached hydrogen (secondary N) is 1. The summed E-state index contributed by atoms with van der Waals surface area (Å²) >= 11 is 0. The van der Waals surface area contributed by atoms with E-state index in [4.69, 9.17) is 6.42 Å². The van der Waals surface area contributed by atoms with Crippen molar-refractivity contribution in [3.63, 3.8) is 0 Å². The third-order valence-electron chi connectivity index (χ3n) is 3.53. The molecule has 0 aliphatic carbocycles. The Morgan fingerprint density at radius 2 is 1.89 bits per heavy atom. The van der Waals surface area contributed by atoms with Crippen LogP contribution >= 0.6 is 0 Å². The van der Waals surface area contributed by atoms with Gasteiger partial charge in [-0.2, -0.15) is 0 Å². The number of aliphatic carboxylic acids is 1. The van der Waals surface area contributed by atoms with Crippen LogP contribution in [0.25, 0.3) is 0 Å². The SMILES string of the molecule is C#CCC(CC)NC(=O)CC(CC)(CC)C(=O)O. The van der Waals surface area contributed by atoms with Crippen molar-refractivity contribution in [2.45, 2.75) is 58.9 Å². The molecule has 2 N–H and O–H groups in total. The summed E-state index contributed by atoms with van der Waals surface area (Å²) < 4.78 is 0. The summed E-state index contributed by atoms with van der Waals surface area (Å²) in [6, 6.07) is -0.0669. The third-order valence-corrected chi connectivity index (χ3v) is 3.53. The summed E-state index contributed by atoms with van der Waals surface area (Å²) in [4.78, 5) is 23.2. The number of hydrogen-bond donors (Lipinski definition) is 2. The fourth-order valence-electron chi connectivity index (χ4n) is 1.90. The van der Waals surface area contributed by atoms with E-state index in [1.807, 2.05) is 6.92 Å². The standard InChI is InChI=1S/C14H23NO3/c1-5-9-11(6-2)15-12(16)10-14(7-3,8-4)13(17)18/h1,11H,6-10H2,2-4H3,(H,15,16)(H,17,18). The molecular formula is C14H23NO3.